The van der Waals surface area contributed by atoms with Crippen LogP contribution in [-0.2, 0) is 6.42 Å². The van der Waals surface area contributed by atoms with Gasteiger partial charge in [-0.15, -0.1) is 0 Å². The molecule has 0 saturated heterocycles. The van der Waals surface area contributed by atoms with E-state index in [1.807, 2.05) is 36.4 Å². The molecule has 0 aliphatic carbocycles. The van der Waals surface area contributed by atoms with E-state index in [9.17, 15) is 9.59 Å². The van der Waals surface area contributed by atoms with Crippen LogP contribution in [0.4, 0.5) is 5.69 Å². The molecule has 1 heterocycles. The van der Waals surface area contributed by atoms with E-state index < -0.39 is 0 Å². The first-order valence-corrected chi connectivity index (χ1v) is 8.86. The average Bonchev–Trinajstić information content (AvgIpc) is 2.71. The lowest BCUT2D eigenvalue weighted by molar-refractivity contribution is 0.0963. The molecule has 0 radical (unpaired) electrons. The predicted molar refractivity (Wildman–Crippen MR) is 107 cm³/mol. The third kappa shape index (κ3) is 4.35. The molecule has 0 unspecified atom stereocenters. The second-order valence-electron chi connectivity index (χ2n) is 5.88. The first-order chi connectivity index (χ1) is 13.1. The Kier molecular flexibility index (Phi) is 5.88. The van der Waals surface area contributed by atoms with Crippen molar-refractivity contribution in [1.29, 1.82) is 0 Å². The van der Waals surface area contributed by atoms with Crippen molar-refractivity contribution >= 4 is 23.2 Å². The number of rotatable bonds is 6. The molecule has 1 aromatic heterocycles. The molecule has 3 aromatic rings. The van der Waals surface area contributed by atoms with Crippen LogP contribution in [0.1, 0.15) is 15.9 Å². The van der Waals surface area contributed by atoms with Gasteiger partial charge in [-0.25, -0.2) is 0 Å². The van der Waals surface area contributed by atoms with Crippen LogP contribution in [0.15, 0.2) is 65.6 Å². The van der Waals surface area contributed by atoms with Gasteiger partial charge in [0.25, 0.3) is 11.5 Å². The summed E-state index contributed by atoms with van der Waals surface area (Å²) in [4.78, 5) is 24.2. The largest absolute Gasteiger partial charge is 0.382 e. The van der Waals surface area contributed by atoms with Crippen molar-refractivity contribution < 1.29 is 4.79 Å². The lowest BCUT2D eigenvalue weighted by atomic mass is 10.1. The van der Waals surface area contributed by atoms with Crippen LogP contribution in [0.5, 0.6) is 0 Å². The molecule has 2 N–H and O–H groups in total. The summed E-state index contributed by atoms with van der Waals surface area (Å²) in [5.74, 6) is -0.124. The summed E-state index contributed by atoms with van der Waals surface area (Å²) < 4.78 is 1.26. The molecular weight excluding hydrogens is 364 g/mol. The standard InChI is InChI=1S/C20H19ClN4O2/c1-22-19(26)15-7-5-6-14(12-15)10-11-23-17-13-24-25(20(27)18(17)21)16-8-3-2-4-9-16/h2-9,12-13,23H,10-11H2,1H3,(H,22,26). The quantitative estimate of drug-likeness (QED) is 0.687. The summed E-state index contributed by atoms with van der Waals surface area (Å²) in [6, 6.07) is 16.5. The second kappa shape index (κ2) is 8.51. The highest BCUT2D eigenvalue weighted by atomic mass is 35.5. The van der Waals surface area contributed by atoms with Gasteiger partial charge in [0, 0.05) is 19.2 Å². The predicted octanol–water partition coefficient (Wildman–Crippen LogP) is 2.90. The summed E-state index contributed by atoms with van der Waals surface area (Å²) in [6.07, 6.45) is 2.21. The number of hydrogen-bond donors (Lipinski definition) is 2. The molecule has 6 nitrogen and oxygen atoms in total. The highest BCUT2D eigenvalue weighted by Crippen LogP contribution is 2.17. The van der Waals surface area contributed by atoms with Gasteiger partial charge in [-0.3, -0.25) is 9.59 Å². The third-order valence-electron chi connectivity index (χ3n) is 4.07. The van der Waals surface area contributed by atoms with Crippen LogP contribution in [-0.4, -0.2) is 29.3 Å². The van der Waals surface area contributed by atoms with Crippen molar-refractivity contribution in [1.82, 2.24) is 15.1 Å². The Morgan fingerprint density at radius 2 is 1.93 bits per heavy atom. The number of carbonyl (C=O) groups is 1. The van der Waals surface area contributed by atoms with Gasteiger partial charge in [0.2, 0.25) is 0 Å². The number of hydrogen-bond acceptors (Lipinski definition) is 4. The highest BCUT2D eigenvalue weighted by molar-refractivity contribution is 6.32. The van der Waals surface area contributed by atoms with Gasteiger partial charge in [-0.1, -0.05) is 41.9 Å². The third-order valence-corrected chi connectivity index (χ3v) is 4.43. The number of anilines is 1. The van der Waals surface area contributed by atoms with Crippen LogP contribution in [0.2, 0.25) is 5.02 Å². The van der Waals surface area contributed by atoms with Crippen LogP contribution in [0.25, 0.3) is 5.69 Å². The maximum Gasteiger partial charge on any atom is 0.292 e. The zero-order valence-corrected chi connectivity index (χ0v) is 15.5. The molecule has 3 rings (SSSR count). The molecule has 0 fully saturated rings. The van der Waals surface area contributed by atoms with Crippen LogP contribution >= 0.6 is 11.6 Å². The van der Waals surface area contributed by atoms with Gasteiger partial charge in [0.15, 0.2) is 0 Å². The number of nitrogens with zero attached hydrogens (tertiary/aromatic N) is 2. The Labute approximate surface area is 161 Å². The van der Waals surface area contributed by atoms with Gasteiger partial charge in [0.1, 0.15) is 5.02 Å². The molecule has 0 atom stereocenters. The summed E-state index contributed by atoms with van der Waals surface area (Å²) >= 11 is 6.23. The van der Waals surface area contributed by atoms with E-state index in [2.05, 4.69) is 15.7 Å². The Balaban J connectivity index is 1.70. The average molecular weight is 383 g/mol. The molecule has 0 aliphatic rings. The second-order valence-corrected chi connectivity index (χ2v) is 6.26. The lowest BCUT2D eigenvalue weighted by Gasteiger charge is -2.11. The van der Waals surface area contributed by atoms with Crippen molar-refractivity contribution in [2.75, 3.05) is 18.9 Å². The van der Waals surface area contributed by atoms with E-state index in [1.54, 1.807) is 25.2 Å². The maximum absolute atomic E-state index is 12.5. The van der Waals surface area contributed by atoms with Crippen molar-refractivity contribution in [2.45, 2.75) is 6.42 Å². The van der Waals surface area contributed by atoms with Crippen molar-refractivity contribution in [2.24, 2.45) is 0 Å². The number of halogens is 1. The minimum Gasteiger partial charge on any atom is -0.382 e. The minimum atomic E-state index is -0.380. The number of para-hydroxylation sites is 1. The topological polar surface area (TPSA) is 76.0 Å². The molecule has 2 aromatic carbocycles. The molecule has 0 saturated carbocycles. The SMILES string of the molecule is CNC(=O)c1cccc(CCNc2cnn(-c3ccccc3)c(=O)c2Cl)c1. The lowest BCUT2D eigenvalue weighted by Crippen LogP contribution is -2.23. The van der Waals surface area contributed by atoms with Crippen molar-refractivity contribution in [3.8, 4) is 5.69 Å². The van der Waals surface area contributed by atoms with Gasteiger partial charge < -0.3 is 10.6 Å². The van der Waals surface area contributed by atoms with Crippen molar-refractivity contribution in [3.63, 3.8) is 0 Å². The number of amides is 1. The summed E-state index contributed by atoms with van der Waals surface area (Å²) in [5, 5.41) is 10.0. The summed E-state index contributed by atoms with van der Waals surface area (Å²) in [5.41, 5.74) is 2.37. The fourth-order valence-electron chi connectivity index (χ4n) is 2.66. The number of nitrogens with one attached hydrogen (secondary N) is 2. The monoisotopic (exact) mass is 382 g/mol. The van der Waals surface area contributed by atoms with Gasteiger partial charge in [-0.2, -0.15) is 9.78 Å². The molecule has 7 heteroatoms. The summed E-state index contributed by atoms with van der Waals surface area (Å²) in [6.45, 7) is 0.549. The maximum atomic E-state index is 12.5. The van der Waals surface area contributed by atoms with Crippen molar-refractivity contribution in [3.05, 3.63) is 87.3 Å². The van der Waals surface area contributed by atoms with E-state index >= 15 is 0 Å². The molecule has 0 bridgehead atoms. The van der Waals surface area contributed by atoms with E-state index in [-0.39, 0.29) is 16.5 Å². The Morgan fingerprint density at radius 3 is 2.67 bits per heavy atom. The minimum absolute atomic E-state index is 0.0907. The fraction of sp³-hybridized carbons (Fsp3) is 0.150. The number of carbonyl (C=O) groups excluding carboxylic acids is 1. The van der Waals surface area contributed by atoms with Gasteiger partial charge in [-0.05, 0) is 36.2 Å². The molecule has 0 spiro atoms. The first-order valence-electron chi connectivity index (χ1n) is 8.48. The molecule has 1 amide bonds. The normalized spacial score (nSPS) is 10.4. The van der Waals surface area contributed by atoms with Gasteiger partial charge in [0.05, 0.1) is 17.6 Å². The molecule has 27 heavy (non-hydrogen) atoms. The Bertz CT molecular complexity index is 1000. The first kappa shape index (κ1) is 18.7. The van der Waals surface area contributed by atoms with Gasteiger partial charge >= 0.3 is 0 Å². The zero-order chi connectivity index (χ0) is 19.2. The molecule has 0 aliphatic heterocycles. The smallest absolute Gasteiger partial charge is 0.292 e. The molecule has 138 valence electrons. The van der Waals surface area contributed by atoms with Crippen LogP contribution in [0, 0.1) is 0 Å². The molecular formula is C20H19ClN4O2. The van der Waals surface area contributed by atoms with E-state index in [0.29, 0.717) is 29.9 Å². The van der Waals surface area contributed by atoms with Crippen LogP contribution in [0.3, 0.4) is 0 Å². The summed E-state index contributed by atoms with van der Waals surface area (Å²) in [7, 11) is 1.60. The Hall–Kier alpha value is -3.12. The fourth-order valence-corrected chi connectivity index (χ4v) is 2.86. The highest BCUT2D eigenvalue weighted by Gasteiger charge is 2.10. The zero-order valence-electron chi connectivity index (χ0n) is 14.8. The van der Waals surface area contributed by atoms with E-state index in [4.69, 9.17) is 11.6 Å². The number of aromatic nitrogens is 2. The van der Waals surface area contributed by atoms with Crippen LogP contribution < -0.4 is 16.2 Å². The Morgan fingerprint density at radius 1 is 1.15 bits per heavy atom. The van der Waals surface area contributed by atoms with E-state index in [0.717, 1.165) is 5.56 Å². The number of benzene rings is 2. The van der Waals surface area contributed by atoms with E-state index in [1.165, 1.54) is 10.9 Å².